The van der Waals surface area contributed by atoms with Crippen LogP contribution in [0, 0.1) is 0 Å². The van der Waals surface area contributed by atoms with E-state index in [2.05, 4.69) is 4.74 Å². The van der Waals surface area contributed by atoms with Gasteiger partial charge in [0.1, 0.15) is 6.61 Å². The highest BCUT2D eigenvalue weighted by molar-refractivity contribution is 5.70. The largest absolute Gasteiger partial charge is 0.462 e. The number of benzene rings is 1. The van der Waals surface area contributed by atoms with Crippen LogP contribution in [0.5, 0.6) is 0 Å². The fourth-order valence-corrected chi connectivity index (χ4v) is 1.26. The molecule has 5 heteroatoms. The Bertz CT molecular complexity index is 408. The van der Waals surface area contributed by atoms with Crippen LogP contribution in [-0.4, -0.2) is 18.8 Å². The molecule has 0 aromatic heterocycles. The first-order chi connectivity index (χ1) is 7.91. The van der Waals surface area contributed by atoms with Gasteiger partial charge in [-0.1, -0.05) is 30.3 Å². The van der Waals surface area contributed by atoms with E-state index in [0.717, 1.165) is 13.0 Å². The average Bonchev–Trinajstić information content (AvgIpc) is 2.23. The van der Waals surface area contributed by atoms with Crippen molar-refractivity contribution in [3.05, 3.63) is 42.0 Å². The van der Waals surface area contributed by atoms with E-state index in [0.29, 0.717) is 0 Å². The number of alkyl halides is 3. The van der Waals surface area contributed by atoms with Crippen molar-refractivity contribution in [2.45, 2.75) is 13.1 Å². The maximum Gasteiger partial charge on any atom is 0.416 e. The summed E-state index contributed by atoms with van der Waals surface area (Å²) in [5.41, 5.74) is -0.758. The fraction of sp³-hybridized carbons (Fsp3) is 0.250. The van der Waals surface area contributed by atoms with Crippen molar-refractivity contribution in [3.63, 3.8) is 0 Å². The summed E-state index contributed by atoms with van der Waals surface area (Å²) in [6.07, 6.45) is -3.61. The highest BCUT2D eigenvalue weighted by atomic mass is 19.4. The molecule has 0 aliphatic carbocycles. The minimum absolute atomic E-state index is 0.0483. The maximum atomic E-state index is 12.7. The predicted octanol–water partition coefficient (Wildman–Crippen LogP) is 3.20. The normalized spacial score (nSPS) is 12.4. The number of rotatable bonds is 3. The Morgan fingerprint density at radius 3 is 2.35 bits per heavy atom. The lowest BCUT2D eigenvalue weighted by Crippen LogP contribution is -2.12. The number of halogens is 3. The Kier molecular flexibility index (Phi) is 4.31. The molecular weight excluding hydrogens is 233 g/mol. The zero-order chi connectivity index (χ0) is 12.9. The van der Waals surface area contributed by atoms with Gasteiger partial charge in [0.05, 0.1) is 5.57 Å². The highest BCUT2D eigenvalue weighted by Crippen LogP contribution is 2.33. The van der Waals surface area contributed by atoms with Crippen molar-refractivity contribution in [1.29, 1.82) is 0 Å². The number of carbonyl (C=O) groups excluding carboxylic acids is 1. The minimum Gasteiger partial charge on any atom is -0.462 e. The Morgan fingerprint density at radius 1 is 1.29 bits per heavy atom. The zero-order valence-electron chi connectivity index (χ0n) is 9.12. The van der Waals surface area contributed by atoms with Gasteiger partial charge in [-0.25, -0.2) is 0 Å². The lowest BCUT2D eigenvalue weighted by atomic mass is 10.1. The summed E-state index contributed by atoms with van der Waals surface area (Å²) in [5, 5.41) is 0. The van der Waals surface area contributed by atoms with Gasteiger partial charge in [-0.05, 0) is 11.6 Å². The third-order valence-corrected chi connectivity index (χ3v) is 1.96. The molecule has 17 heavy (non-hydrogen) atoms. The van der Waals surface area contributed by atoms with Crippen molar-refractivity contribution in [2.75, 3.05) is 6.61 Å². The average molecular weight is 244 g/mol. The van der Waals surface area contributed by atoms with E-state index in [1.54, 1.807) is 6.07 Å². The van der Waals surface area contributed by atoms with Gasteiger partial charge in [0.25, 0.3) is 0 Å². The van der Waals surface area contributed by atoms with E-state index in [1.807, 2.05) is 0 Å². The van der Waals surface area contributed by atoms with Crippen LogP contribution in [0.3, 0.4) is 0 Å². The van der Waals surface area contributed by atoms with Crippen LogP contribution >= 0.6 is 0 Å². The van der Waals surface area contributed by atoms with Crippen LogP contribution in [0.25, 0.3) is 5.57 Å². The smallest absolute Gasteiger partial charge is 0.416 e. The van der Waals surface area contributed by atoms with Crippen LogP contribution < -0.4 is 0 Å². The standard InChI is InChI=1S/C12H11F3O2/c1-9(16)17-8-7-11(12(13,14)15)10-5-3-2-4-6-10/h2-7H,8H2,1H3/b11-7+. The molecule has 0 N–H and O–H groups in total. The third kappa shape index (κ3) is 4.30. The summed E-state index contributed by atoms with van der Waals surface area (Å²) in [4.78, 5) is 10.5. The van der Waals surface area contributed by atoms with Gasteiger partial charge in [0, 0.05) is 6.92 Å². The molecule has 0 bridgehead atoms. The molecule has 0 fully saturated rings. The molecule has 2 nitrogen and oxygen atoms in total. The van der Waals surface area contributed by atoms with Crippen molar-refractivity contribution < 1.29 is 22.7 Å². The fourth-order valence-electron chi connectivity index (χ4n) is 1.26. The third-order valence-electron chi connectivity index (χ3n) is 1.96. The van der Waals surface area contributed by atoms with Crippen LogP contribution in [0.1, 0.15) is 12.5 Å². The predicted molar refractivity (Wildman–Crippen MR) is 57.1 cm³/mol. The number of hydrogen-bond acceptors (Lipinski definition) is 2. The van der Waals surface area contributed by atoms with Crippen LogP contribution in [-0.2, 0) is 9.53 Å². The molecule has 1 rings (SSSR count). The van der Waals surface area contributed by atoms with Crippen molar-refractivity contribution in [1.82, 2.24) is 0 Å². The molecule has 0 aliphatic rings. The monoisotopic (exact) mass is 244 g/mol. The molecule has 1 aromatic carbocycles. The first kappa shape index (κ1) is 13.3. The SMILES string of the molecule is CC(=O)OC/C=C(\c1ccccc1)C(F)(F)F. The van der Waals surface area contributed by atoms with E-state index >= 15 is 0 Å². The van der Waals surface area contributed by atoms with Gasteiger partial charge >= 0.3 is 12.1 Å². The molecule has 0 unspecified atom stereocenters. The summed E-state index contributed by atoms with van der Waals surface area (Å²) >= 11 is 0. The second-order valence-electron chi connectivity index (χ2n) is 3.28. The van der Waals surface area contributed by atoms with Crippen molar-refractivity contribution in [2.24, 2.45) is 0 Å². The molecular formula is C12H11F3O2. The van der Waals surface area contributed by atoms with Gasteiger partial charge in [0.15, 0.2) is 0 Å². The van der Waals surface area contributed by atoms with E-state index in [9.17, 15) is 18.0 Å². The summed E-state index contributed by atoms with van der Waals surface area (Å²) < 4.78 is 42.6. The quantitative estimate of drug-likeness (QED) is 0.763. The molecule has 1 aromatic rings. The lowest BCUT2D eigenvalue weighted by Gasteiger charge is -2.12. The molecule has 0 spiro atoms. The molecule has 0 saturated carbocycles. The highest BCUT2D eigenvalue weighted by Gasteiger charge is 2.34. The maximum absolute atomic E-state index is 12.7. The number of hydrogen-bond donors (Lipinski definition) is 0. The minimum atomic E-state index is -4.47. The molecule has 0 amide bonds. The molecule has 0 radical (unpaired) electrons. The van der Waals surface area contributed by atoms with Crippen molar-refractivity contribution in [3.8, 4) is 0 Å². The second-order valence-corrected chi connectivity index (χ2v) is 3.28. The Hall–Kier alpha value is -1.78. The second kappa shape index (κ2) is 5.52. The van der Waals surface area contributed by atoms with Crippen LogP contribution in [0.4, 0.5) is 13.2 Å². The Morgan fingerprint density at radius 2 is 1.88 bits per heavy atom. The summed E-state index contributed by atoms with van der Waals surface area (Å²) in [7, 11) is 0. The van der Waals surface area contributed by atoms with Crippen LogP contribution in [0.2, 0.25) is 0 Å². The van der Waals surface area contributed by atoms with E-state index < -0.39 is 17.7 Å². The number of allylic oxidation sites excluding steroid dienone is 1. The van der Waals surface area contributed by atoms with Gasteiger partial charge in [0.2, 0.25) is 0 Å². The van der Waals surface area contributed by atoms with E-state index in [4.69, 9.17) is 0 Å². The topological polar surface area (TPSA) is 26.3 Å². The molecule has 0 saturated heterocycles. The molecule has 0 heterocycles. The van der Waals surface area contributed by atoms with E-state index in [1.165, 1.54) is 24.3 Å². The zero-order valence-corrected chi connectivity index (χ0v) is 9.12. The van der Waals surface area contributed by atoms with Gasteiger partial charge in [-0.15, -0.1) is 0 Å². The van der Waals surface area contributed by atoms with Gasteiger partial charge in [-0.3, -0.25) is 4.79 Å². The van der Waals surface area contributed by atoms with Crippen LogP contribution in [0.15, 0.2) is 36.4 Å². The summed E-state index contributed by atoms with van der Waals surface area (Å²) in [5.74, 6) is -0.615. The van der Waals surface area contributed by atoms with Gasteiger partial charge < -0.3 is 4.74 Å². The summed E-state index contributed by atoms with van der Waals surface area (Å²) in [6, 6.07) is 7.37. The van der Waals surface area contributed by atoms with Gasteiger partial charge in [-0.2, -0.15) is 13.2 Å². The van der Waals surface area contributed by atoms with Crippen molar-refractivity contribution >= 4 is 11.5 Å². The first-order valence-corrected chi connectivity index (χ1v) is 4.87. The Balaban J connectivity index is 2.93. The van der Waals surface area contributed by atoms with E-state index in [-0.39, 0.29) is 12.2 Å². The molecule has 0 aliphatic heterocycles. The Labute approximate surface area is 96.7 Å². The molecule has 92 valence electrons. The number of ether oxygens (including phenoxy) is 1. The molecule has 0 atom stereocenters. The number of carbonyl (C=O) groups is 1. The summed E-state index contributed by atoms with van der Waals surface area (Å²) in [6.45, 7) is 0.753. The lowest BCUT2D eigenvalue weighted by molar-refractivity contribution is -0.139. The number of esters is 1. The first-order valence-electron chi connectivity index (χ1n) is 4.87.